The van der Waals surface area contributed by atoms with E-state index in [1.807, 2.05) is 6.92 Å². The van der Waals surface area contributed by atoms with Gasteiger partial charge in [0.05, 0.1) is 17.0 Å². The Morgan fingerprint density at radius 2 is 2.00 bits per heavy atom. The van der Waals surface area contributed by atoms with Gasteiger partial charge in [-0.25, -0.2) is 4.39 Å². The van der Waals surface area contributed by atoms with Crippen LogP contribution in [0.5, 0.6) is 5.75 Å². The largest absolute Gasteiger partial charge is 0.490 e. The molecule has 0 fully saturated rings. The molecular formula is C25H20FN3O4S. The fourth-order valence-corrected chi connectivity index (χ4v) is 4.98. The summed E-state index contributed by atoms with van der Waals surface area (Å²) in [5.41, 5.74) is 0.501. The summed E-state index contributed by atoms with van der Waals surface area (Å²) in [5, 5.41) is 9.67. The van der Waals surface area contributed by atoms with Gasteiger partial charge in [-0.15, -0.1) is 10.2 Å². The molecule has 1 aliphatic heterocycles. The minimum absolute atomic E-state index is 0.0756. The quantitative estimate of drug-likeness (QED) is 0.346. The molecule has 0 saturated heterocycles. The van der Waals surface area contributed by atoms with E-state index in [4.69, 9.17) is 9.15 Å². The third-order valence-corrected chi connectivity index (χ3v) is 6.50. The molecular weight excluding hydrogens is 457 g/mol. The van der Waals surface area contributed by atoms with Crippen LogP contribution in [0.15, 0.2) is 64.3 Å². The smallest absolute Gasteiger partial charge is 0.297 e. The molecule has 3 heterocycles. The van der Waals surface area contributed by atoms with Gasteiger partial charge in [-0.1, -0.05) is 43.0 Å². The number of rotatable bonds is 7. The summed E-state index contributed by atoms with van der Waals surface area (Å²) in [6, 6.07) is 9.94. The molecule has 0 saturated carbocycles. The third kappa shape index (κ3) is 3.67. The van der Waals surface area contributed by atoms with E-state index in [9.17, 15) is 14.0 Å². The van der Waals surface area contributed by atoms with Crippen LogP contribution in [0.4, 0.5) is 9.52 Å². The zero-order valence-electron chi connectivity index (χ0n) is 18.3. The number of hydrogen-bond acceptors (Lipinski definition) is 7. The molecule has 2 aromatic carbocycles. The van der Waals surface area contributed by atoms with Crippen molar-refractivity contribution in [1.29, 1.82) is 0 Å². The van der Waals surface area contributed by atoms with Crippen molar-refractivity contribution in [2.45, 2.75) is 25.8 Å². The van der Waals surface area contributed by atoms with E-state index in [1.165, 1.54) is 28.4 Å². The van der Waals surface area contributed by atoms with Crippen molar-refractivity contribution >= 4 is 33.3 Å². The van der Waals surface area contributed by atoms with Crippen LogP contribution >= 0.6 is 11.3 Å². The van der Waals surface area contributed by atoms with Gasteiger partial charge in [0.25, 0.3) is 5.91 Å². The highest BCUT2D eigenvalue weighted by Gasteiger charge is 2.45. The molecule has 0 spiro atoms. The third-order valence-electron chi connectivity index (χ3n) is 5.52. The van der Waals surface area contributed by atoms with Crippen LogP contribution in [0, 0.1) is 5.82 Å². The molecule has 2 aromatic heterocycles. The van der Waals surface area contributed by atoms with Crippen molar-refractivity contribution in [3.63, 3.8) is 0 Å². The Bertz CT molecular complexity index is 1460. The average molecular weight is 478 g/mol. The van der Waals surface area contributed by atoms with E-state index in [0.29, 0.717) is 23.1 Å². The maximum absolute atomic E-state index is 13.9. The van der Waals surface area contributed by atoms with Crippen molar-refractivity contribution in [2.24, 2.45) is 0 Å². The molecule has 5 rings (SSSR count). The first-order chi connectivity index (χ1) is 16.5. The molecule has 7 nitrogen and oxygen atoms in total. The lowest BCUT2D eigenvalue weighted by Crippen LogP contribution is -2.29. The first-order valence-corrected chi connectivity index (χ1v) is 11.6. The molecule has 172 valence electrons. The number of carbonyl (C=O) groups excluding carboxylic acids is 1. The summed E-state index contributed by atoms with van der Waals surface area (Å²) >= 11 is 1.30. The molecule has 0 bridgehead atoms. The van der Waals surface area contributed by atoms with Crippen LogP contribution in [0.2, 0.25) is 0 Å². The molecule has 34 heavy (non-hydrogen) atoms. The van der Waals surface area contributed by atoms with E-state index in [2.05, 4.69) is 16.8 Å². The lowest BCUT2D eigenvalue weighted by molar-refractivity contribution is 0.0970. The highest BCUT2D eigenvalue weighted by atomic mass is 32.1. The van der Waals surface area contributed by atoms with E-state index in [0.717, 1.165) is 23.9 Å². The highest BCUT2D eigenvalue weighted by Crippen LogP contribution is 2.42. The molecule has 0 N–H and O–H groups in total. The molecule has 0 radical (unpaired) electrons. The number of carbonyl (C=O) groups is 1. The van der Waals surface area contributed by atoms with E-state index in [1.54, 1.807) is 30.3 Å². The van der Waals surface area contributed by atoms with Crippen LogP contribution in [0.25, 0.3) is 11.0 Å². The van der Waals surface area contributed by atoms with Crippen LogP contribution in [0.1, 0.15) is 46.1 Å². The summed E-state index contributed by atoms with van der Waals surface area (Å²) in [6.45, 7) is 6.02. The Labute approximate surface area is 198 Å². The molecule has 0 aliphatic carbocycles. The summed E-state index contributed by atoms with van der Waals surface area (Å²) in [5.74, 6) is -0.508. The number of anilines is 1. The lowest BCUT2D eigenvalue weighted by atomic mass is 9.98. The predicted octanol–water partition coefficient (Wildman–Crippen LogP) is 5.05. The van der Waals surface area contributed by atoms with Crippen LogP contribution in [0.3, 0.4) is 0 Å². The van der Waals surface area contributed by atoms with Crippen molar-refractivity contribution in [1.82, 2.24) is 10.2 Å². The van der Waals surface area contributed by atoms with Crippen molar-refractivity contribution in [3.05, 3.63) is 93.1 Å². The summed E-state index contributed by atoms with van der Waals surface area (Å²) in [4.78, 5) is 28.5. The summed E-state index contributed by atoms with van der Waals surface area (Å²) < 4.78 is 25.3. The number of ether oxygens (including phenoxy) is 1. The van der Waals surface area contributed by atoms with Gasteiger partial charge in [-0.05, 0) is 42.3 Å². The minimum Gasteiger partial charge on any atom is -0.490 e. The predicted molar refractivity (Wildman–Crippen MR) is 127 cm³/mol. The van der Waals surface area contributed by atoms with Gasteiger partial charge in [0.15, 0.2) is 5.43 Å². The number of hydrogen-bond donors (Lipinski definition) is 0. The van der Waals surface area contributed by atoms with Crippen LogP contribution in [-0.2, 0) is 6.42 Å². The highest BCUT2D eigenvalue weighted by molar-refractivity contribution is 7.15. The Kier molecular flexibility index (Phi) is 5.70. The Morgan fingerprint density at radius 1 is 1.21 bits per heavy atom. The van der Waals surface area contributed by atoms with Crippen molar-refractivity contribution in [3.8, 4) is 5.75 Å². The Morgan fingerprint density at radius 3 is 2.74 bits per heavy atom. The molecule has 1 aliphatic rings. The average Bonchev–Trinajstić information content (AvgIpc) is 3.41. The number of aromatic nitrogens is 2. The molecule has 0 unspecified atom stereocenters. The number of nitrogens with zero attached hydrogens (tertiary/aromatic N) is 3. The van der Waals surface area contributed by atoms with Crippen LogP contribution < -0.4 is 15.1 Å². The molecule has 1 amide bonds. The number of fused-ring (bicyclic) bond motifs is 2. The van der Waals surface area contributed by atoms with Crippen molar-refractivity contribution < 1.29 is 18.3 Å². The summed E-state index contributed by atoms with van der Waals surface area (Å²) in [7, 11) is 0. The lowest BCUT2D eigenvalue weighted by Gasteiger charge is -2.22. The first-order valence-electron chi connectivity index (χ1n) is 10.8. The molecule has 1 atom stereocenters. The number of halogens is 1. The van der Waals surface area contributed by atoms with Gasteiger partial charge in [0.2, 0.25) is 10.9 Å². The Balaban J connectivity index is 1.69. The van der Waals surface area contributed by atoms with Gasteiger partial charge in [0.1, 0.15) is 28.8 Å². The fourth-order valence-electron chi connectivity index (χ4n) is 4.02. The monoisotopic (exact) mass is 477 g/mol. The zero-order valence-corrected chi connectivity index (χ0v) is 19.1. The summed E-state index contributed by atoms with van der Waals surface area (Å²) in [6.07, 6.45) is 3.25. The second-order valence-electron chi connectivity index (χ2n) is 7.79. The number of benzene rings is 2. The van der Waals surface area contributed by atoms with Gasteiger partial charge in [-0.2, -0.15) is 0 Å². The minimum atomic E-state index is -0.803. The van der Waals surface area contributed by atoms with Gasteiger partial charge >= 0.3 is 0 Å². The van der Waals surface area contributed by atoms with Gasteiger partial charge < -0.3 is 9.15 Å². The topological polar surface area (TPSA) is 85.5 Å². The van der Waals surface area contributed by atoms with Crippen molar-refractivity contribution in [2.75, 3.05) is 11.5 Å². The Hall–Kier alpha value is -3.85. The maximum atomic E-state index is 13.9. The molecule has 9 heteroatoms. The second-order valence-corrected chi connectivity index (χ2v) is 8.83. The first kappa shape index (κ1) is 22.0. The van der Waals surface area contributed by atoms with Crippen LogP contribution in [-0.4, -0.2) is 22.7 Å². The zero-order chi connectivity index (χ0) is 23.8. The van der Waals surface area contributed by atoms with E-state index < -0.39 is 23.2 Å². The van der Waals surface area contributed by atoms with Gasteiger partial charge in [-0.3, -0.25) is 14.5 Å². The number of aryl methyl sites for hydroxylation is 1. The molecule has 4 aromatic rings. The SMILES string of the molecule is C=CCOc1ccc([C@H]2c3c(oc4ccc(F)cc4c3=O)C(=O)N2c2nnc(CCC)s2)cc1. The second kappa shape index (κ2) is 8.83. The normalized spacial score (nSPS) is 15.1. The van der Waals surface area contributed by atoms with Gasteiger partial charge in [0, 0.05) is 6.42 Å². The van der Waals surface area contributed by atoms with E-state index in [-0.39, 0.29) is 22.3 Å². The maximum Gasteiger partial charge on any atom is 0.297 e. The van der Waals surface area contributed by atoms with E-state index >= 15 is 0 Å². The standard InChI is InChI=1S/C25H20FN3O4S/c1-3-5-19-27-28-25(34-19)29-21(14-6-9-16(10-7-14)32-12-4-2)20-22(30)17-13-15(26)8-11-18(17)33-23(20)24(29)31/h4,6-11,13,21H,2-3,5,12H2,1H3/t21-/m0/s1. The number of amides is 1. The fraction of sp³-hybridized carbons (Fsp3) is 0.200.